The monoisotopic (exact) mass is 205 g/mol. The highest BCUT2D eigenvalue weighted by Crippen LogP contribution is 2.23. The van der Waals surface area contributed by atoms with Crippen molar-refractivity contribution in [2.24, 2.45) is 5.73 Å². The predicted molar refractivity (Wildman–Crippen MR) is 53.8 cm³/mol. The lowest BCUT2D eigenvalue weighted by atomic mass is 9.90. The lowest BCUT2D eigenvalue weighted by molar-refractivity contribution is -0.123. The molecule has 0 radical (unpaired) electrons. The Morgan fingerprint density at radius 2 is 1.87 bits per heavy atom. The summed E-state index contributed by atoms with van der Waals surface area (Å²) in [6.07, 6.45) is 0. The lowest BCUT2D eigenvalue weighted by Gasteiger charge is -2.24. The molecule has 15 heavy (non-hydrogen) atoms. The predicted octanol–water partition coefficient (Wildman–Crippen LogP) is -0.320. The second kappa shape index (κ2) is 3.36. The van der Waals surface area contributed by atoms with Crippen LogP contribution >= 0.6 is 0 Å². The third kappa shape index (κ3) is 1.37. The summed E-state index contributed by atoms with van der Waals surface area (Å²) >= 11 is 0. The van der Waals surface area contributed by atoms with Crippen LogP contribution in [-0.4, -0.2) is 18.5 Å². The van der Waals surface area contributed by atoms with Crippen molar-refractivity contribution in [3.8, 4) is 0 Å². The molecule has 1 aliphatic heterocycles. The SMILES string of the molecule is NCC1(c2ccccc2)NC(=O)NC1=O. The van der Waals surface area contributed by atoms with Gasteiger partial charge in [0.05, 0.1) is 0 Å². The van der Waals surface area contributed by atoms with Gasteiger partial charge in [0.1, 0.15) is 0 Å². The van der Waals surface area contributed by atoms with Crippen LogP contribution in [0.3, 0.4) is 0 Å². The van der Waals surface area contributed by atoms with Crippen LogP contribution in [0, 0.1) is 0 Å². The topological polar surface area (TPSA) is 84.2 Å². The van der Waals surface area contributed by atoms with Gasteiger partial charge in [0.15, 0.2) is 5.54 Å². The molecule has 0 aromatic heterocycles. The maximum Gasteiger partial charge on any atom is 0.322 e. The van der Waals surface area contributed by atoms with Crippen LogP contribution < -0.4 is 16.4 Å². The second-order valence-electron chi connectivity index (χ2n) is 3.38. The van der Waals surface area contributed by atoms with Crippen molar-refractivity contribution >= 4 is 11.9 Å². The average molecular weight is 205 g/mol. The van der Waals surface area contributed by atoms with Crippen molar-refractivity contribution in [1.29, 1.82) is 0 Å². The number of carbonyl (C=O) groups is 2. The molecule has 1 unspecified atom stereocenters. The van der Waals surface area contributed by atoms with Gasteiger partial charge in [-0.15, -0.1) is 0 Å². The fourth-order valence-corrected chi connectivity index (χ4v) is 1.68. The van der Waals surface area contributed by atoms with E-state index >= 15 is 0 Å². The van der Waals surface area contributed by atoms with Gasteiger partial charge in [-0.2, -0.15) is 0 Å². The molecule has 1 saturated heterocycles. The summed E-state index contributed by atoms with van der Waals surface area (Å²) in [5, 5.41) is 4.75. The molecule has 1 aliphatic rings. The van der Waals surface area contributed by atoms with Crippen molar-refractivity contribution in [3.63, 3.8) is 0 Å². The Bertz CT molecular complexity index is 404. The molecule has 0 spiro atoms. The van der Waals surface area contributed by atoms with Crippen LogP contribution in [0.15, 0.2) is 30.3 Å². The fraction of sp³-hybridized carbons (Fsp3) is 0.200. The third-order valence-corrected chi connectivity index (χ3v) is 2.51. The van der Waals surface area contributed by atoms with E-state index in [1.54, 1.807) is 24.3 Å². The maximum atomic E-state index is 11.7. The maximum absolute atomic E-state index is 11.7. The first-order valence-corrected chi connectivity index (χ1v) is 4.58. The van der Waals surface area contributed by atoms with Crippen LogP contribution in [0.25, 0.3) is 0 Å². The largest absolute Gasteiger partial charge is 0.327 e. The first-order chi connectivity index (χ1) is 7.19. The van der Waals surface area contributed by atoms with Crippen molar-refractivity contribution < 1.29 is 9.59 Å². The van der Waals surface area contributed by atoms with Gasteiger partial charge in [0, 0.05) is 6.54 Å². The van der Waals surface area contributed by atoms with Gasteiger partial charge in [0.2, 0.25) is 0 Å². The van der Waals surface area contributed by atoms with Crippen molar-refractivity contribution in [3.05, 3.63) is 35.9 Å². The normalized spacial score (nSPS) is 24.9. The fourth-order valence-electron chi connectivity index (χ4n) is 1.68. The van der Waals surface area contributed by atoms with Gasteiger partial charge in [-0.3, -0.25) is 10.1 Å². The Hall–Kier alpha value is -1.88. The molecule has 78 valence electrons. The number of rotatable bonds is 2. The Morgan fingerprint density at radius 3 is 2.33 bits per heavy atom. The number of nitrogens with one attached hydrogen (secondary N) is 2. The number of benzene rings is 1. The summed E-state index contributed by atoms with van der Waals surface area (Å²) in [4.78, 5) is 22.8. The summed E-state index contributed by atoms with van der Waals surface area (Å²) in [7, 11) is 0. The number of amides is 3. The van der Waals surface area contributed by atoms with Crippen LogP contribution in [-0.2, 0) is 10.3 Å². The Kier molecular flexibility index (Phi) is 2.17. The van der Waals surface area contributed by atoms with E-state index in [1.165, 1.54) is 0 Å². The Labute approximate surface area is 86.6 Å². The number of hydrogen-bond acceptors (Lipinski definition) is 3. The van der Waals surface area contributed by atoms with E-state index in [4.69, 9.17) is 5.73 Å². The van der Waals surface area contributed by atoms with E-state index in [0.717, 1.165) is 0 Å². The molecule has 1 heterocycles. The van der Waals surface area contributed by atoms with Crippen molar-refractivity contribution in [2.45, 2.75) is 5.54 Å². The molecule has 5 nitrogen and oxygen atoms in total. The van der Waals surface area contributed by atoms with Gasteiger partial charge in [-0.05, 0) is 5.56 Å². The van der Waals surface area contributed by atoms with Gasteiger partial charge in [-0.25, -0.2) is 4.79 Å². The molecule has 0 aliphatic carbocycles. The standard InChI is InChI=1S/C10H11N3O2/c11-6-10(7-4-2-1-3-5-7)8(14)12-9(15)13-10/h1-5H,6,11H2,(H2,12,13,14,15). The van der Waals surface area contributed by atoms with E-state index in [9.17, 15) is 9.59 Å². The van der Waals surface area contributed by atoms with Gasteiger partial charge < -0.3 is 11.1 Å². The zero-order valence-corrected chi connectivity index (χ0v) is 7.99. The number of urea groups is 1. The van der Waals surface area contributed by atoms with Crippen LogP contribution in [0.5, 0.6) is 0 Å². The van der Waals surface area contributed by atoms with Gasteiger partial charge in [-0.1, -0.05) is 30.3 Å². The number of carbonyl (C=O) groups excluding carboxylic acids is 2. The van der Waals surface area contributed by atoms with Gasteiger partial charge in [0.25, 0.3) is 5.91 Å². The van der Waals surface area contributed by atoms with E-state index in [-0.39, 0.29) is 6.54 Å². The summed E-state index contributed by atoms with van der Waals surface area (Å²) in [6, 6.07) is 8.45. The third-order valence-electron chi connectivity index (χ3n) is 2.51. The first kappa shape index (κ1) is 9.67. The van der Waals surface area contributed by atoms with Crippen molar-refractivity contribution in [1.82, 2.24) is 10.6 Å². The molecule has 2 rings (SSSR count). The summed E-state index contributed by atoms with van der Waals surface area (Å²) < 4.78 is 0. The smallest absolute Gasteiger partial charge is 0.322 e. The summed E-state index contributed by atoms with van der Waals surface area (Å²) in [5.41, 5.74) is 5.16. The number of imide groups is 1. The molecular formula is C10H11N3O2. The Morgan fingerprint density at radius 1 is 1.20 bits per heavy atom. The highest BCUT2D eigenvalue weighted by molar-refractivity contribution is 6.07. The lowest BCUT2D eigenvalue weighted by Crippen LogP contribution is -2.49. The van der Waals surface area contributed by atoms with E-state index in [0.29, 0.717) is 5.56 Å². The molecule has 5 heteroatoms. The zero-order valence-electron chi connectivity index (χ0n) is 7.99. The molecule has 1 aromatic rings. The van der Waals surface area contributed by atoms with Gasteiger partial charge >= 0.3 is 6.03 Å². The second-order valence-corrected chi connectivity index (χ2v) is 3.38. The van der Waals surface area contributed by atoms with Crippen LogP contribution in [0.2, 0.25) is 0 Å². The minimum Gasteiger partial charge on any atom is -0.327 e. The highest BCUT2D eigenvalue weighted by atomic mass is 16.2. The minimum atomic E-state index is -1.11. The first-order valence-electron chi connectivity index (χ1n) is 4.58. The number of nitrogens with two attached hydrogens (primary N) is 1. The summed E-state index contributed by atoms with van der Waals surface area (Å²) in [5.74, 6) is -0.402. The molecule has 3 amide bonds. The molecule has 0 bridgehead atoms. The molecule has 1 atom stereocenters. The molecule has 0 saturated carbocycles. The van der Waals surface area contributed by atoms with E-state index in [2.05, 4.69) is 10.6 Å². The molecule has 1 aromatic carbocycles. The molecule has 1 fully saturated rings. The average Bonchev–Trinajstić information content (AvgIpc) is 2.56. The molecule has 4 N–H and O–H groups in total. The molecular weight excluding hydrogens is 194 g/mol. The van der Waals surface area contributed by atoms with Crippen LogP contribution in [0.1, 0.15) is 5.56 Å². The Balaban J connectivity index is 2.47. The quantitative estimate of drug-likeness (QED) is 0.578. The zero-order chi connectivity index (χ0) is 10.9. The van der Waals surface area contributed by atoms with Crippen LogP contribution in [0.4, 0.5) is 4.79 Å². The van der Waals surface area contributed by atoms with E-state index in [1.807, 2.05) is 6.07 Å². The minimum absolute atomic E-state index is 0.0363. The van der Waals surface area contributed by atoms with Crippen molar-refractivity contribution in [2.75, 3.05) is 6.54 Å². The summed E-state index contributed by atoms with van der Waals surface area (Å²) in [6.45, 7) is 0.0363. The van der Waals surface area contributed by atoms with E-state index < -0.39 is 17.5 Å². The highest BCUT2D eigenvalue weighted by Gasteiger charge is 2.46. The number of hydrogen-bond donors (Lipinski definition) is 3.